The van der Waals surface area contributed by atoms with Gasteiger partial charge in [0, 0.05) is 18.9 Å². The summed E-state index contributed by atoms with van der Waals surface area (Å²) in [4.78, 5) is 15.4. The molecule has 1 unspecified atom stereocenters. The molecule has 4 nitrogen and oxygen atoms in total. The van der Waals surface area contributed by atoms with Crippen LogP contribution in [0.2, 0.25) is 0 Å². The lowest BCUT2D eigenvalue weighted by Crippen LogP contribution is -2.46. The molecule has 2 rings (SSSR count). The van der Waals surface area contributed by atoms with Crippen LogP contribution in [0.1, 0.15) is 166 Å². The molecule has 41 heavy (non-hydrogen) atoms. The molecule has 0 spiro atoms. The predicted molar refractivity (Wildman–Crippen MR) is 175 cm³/mol. The highest BCUT2D eigenvalue weighted by atomic mass is 16.6. The second-order valence-electron chi connectivity index (χ2n) is 13.1. The standard InChI is InChI=1S/C37H65NO3/c1-5-6-7-8-9-10-11-12-13-14-15-16-17-18-19-20-22-25-36(39)41-37(30-23-21-24-31-37)35(32-38(2)3)33-26-28-34(40-4)29-27-33/h26-29,35H,5-25,30-32H2,1-4H3. The van der Waals surface area contributed by atoms with Crippen LogP contribution < -0.4 is 4.74 Å². The number of nitrogens with zero attached hydrogens (tertiary/aromatic N) is 1. The Morgan fingerprint density at radius 2 is 1.20 bits per heavy atom. The lowest BCUT2D eigenvalue weighted by atomic mass is 9.72. The Labute approximate surface area is 254 Å². The molecule has 0 N–H and O–H groups in total. The largest absolute Gasteiger partial charge is 0.497 e. The van der Waals surface area contributed by atoms with Crippen molar-refractivity contribution in [2.75, 3.05) is 27.7 Å². The average molecular weight is 572 g/mol. The zero-order chi connectivity index (χ0) is 29.6. The van der Waals surface area contributed by atoms with E-state index in [1.54, 1.807) is 7.11 Å². The van der Waals surface area contributed by atoms with Gasteiger partial charge in [0.15, 0.2) is 0 Å². The van der Waals surface area contributed by atoms with E-state index in [1.165, 1.54) is 108 Å². The van der Waals surface area contributed by atoms with E-state index in [2.05, 4.69) is 38.1 Å². The smallest absolute Gasteiger partial charge is 0.306 e. The molecule has 0 aromatic heterocycles. The second kappa shape index (κ2) is 22.1. The van der Waals surface area contributed by atoms with Crippen LogP contribution in [0.15, 0.2) is 24.3 Å². The number of ether oxygens (including phenoxy) is 2. The number of unbranched alkanes of at least 4 members (excludes halogenated alkanes) is 16. The fourth-order valence-electron chi connectivity index (χ4n) is 6.72. The highest BCUT2D eigenvalue weighted by molar-refractivity contribution is 5.70. The average Bonchev–Trinajstić information content (AvgIpc) is 2.98. The van der Waals surface area contributed by atoms with Crippen molar-refractivity contribution in [3.8, 4) is 5.75 Å². The van der Waals surface area contributed by atoms with Gasteiger partial charge in [-0.3, -0.25) is 4.79 Å². The lowest BCUT2D eigenvalue weighted by molar-refractivity contribution is -0.167. The summed E-state index contributed by atoms with van der Waals surface area (Å²) in [6.45, 7) is 3.16. The highest BCUT2D eigenvalue weighted by Gasteiger charge is 2.44. The Morgan fingerprint density at radius 3 is 1.63 bits per heavy atom. The van der Waals surface area contributed by atoms with Gasteiger partial charge in [0.1, 0.15) is 11.4 Å². The van der Waals surface area contributed by atoms with Crippen molar-refractivity contribution >= 4 is 5.97 Å². The minimum atomic E-state index is -0.400. The van der Waals surface area contributed by atoms with Gasteiger partial charge in [0.25, 0.3) is 0 Å². The number of carbonyl (C=O) groups excluding carboxylic acids is 1. The van der Waals surface area contributed by atoms with Gasteiger partial charge in [-0.05, 0) is 63.9 Å². The molecule has 1 atom stereocenters. The number of carbonyl (C=O) groups is 1. The molecule has 0 bridgehead atoms. The summed E-state index contributed by atoms with van der Waals surface area (Å²) >= 11 is 0. The molecule has 0 saturated heterocycles. The van der Waals surface area contributed by atoms with Crippen molar-refractivity contribution in [1.29, 1.82) is 0 Å². The number of likely N-dealkylation sites (N-methyl/N-ethyl adjacent to an activating group) is 1. The lowest BCUT2D eigenvalue weighted by Gasteiger charge is -2.44. The fraction of sp³-hybridized carbons (Fsp3) is 0.811. The number of rotatable bonds is 24. The van der Waals surface area contributed by atoms with Crippen LogP contribution in [0.3, 0.4) is 0 Å². The van der Waals surface area contributed by atoms with Gasteiger partial charge in [-0.2, -0.15) is 0 Å². The van der Waals surface area contributed by atoms with Gasteiger partial charge in [-0.15, -0.1) is 0 Å². The summed E-state index contributed by atoms with van der Waals surface area (Å²) in [5.74, 6) is 1.04. The molecule has 1 saturated carbocycles. The third-order valence-electron chi connectivity index (χ3n) is 9.20. The van der Waals surface area contributed by atoms with Crippen molar-refractivity contribution in [1.82, 2.24) is 4.90 Å². The Morgan fingerprint density at radius 1 is 0.732 bits per heavy atom. The number of hydrogen-bond donors (Lipinski definition) is 0. The number of methoxy groups -OCH3 is 1. The Balaban J connectivity index is 1.63. The molecule has 1 aromatic carbocycles. The van der Waals surface area contributed by atoms with Gasteiger partial charge in [0.2, 0.25) is 0 Å². The molecule has 0 aliphatic heterocycles. The van der Waals surface area contributed by atoms with E-state index >= 15 is 0 Å². The molecular formula is C37H65NO3. The first-order chi connectivity index (χ1) is 20.0. The van der Waals surface area contributed by atoms with Crippen molar-refractivity contribution in [2.24, 2.45) is 0 Å². The summed E-state index contributed by atoms with van der Waals surface area (Å²) < 4.78 is 11.9. The Hall–Kier alpha value is -1.55. The molecule has 0 radical (unpaired) electrons. The van der Waals surface area contributed by atoms with Crippen LogP contribution >= 0.6 is 0 Å². The summed E-state index contributed by atoms with van der Waals surface area (Å²) in [5.41, 5.74) is 0.843. The normalized spacial score (nSPS) is 15.6. The third kappa shape index (κ3) is 15.0. The molecule has 236 valence electrons. The topological polar surface area (TPSA) is 38.8 Å². The fourth-order valence-corrected chi connectivity index (χ4v) is 6.72. The minimum absolute atomic E-state index is 0.00475. The van der Waals surface area contributed by atoms with E-state index in [0.29, 0.717) is 6.42 Å². The van der Waals surface area contributed by atoms with E-state index < -0.39 is 5.60 Å². The van der Waals surface area contributed by atoms with E-state index in [-0.39, 0.29) is 11.9 Å². The molecule has 4 heteroatoms. The van der Waals surface area contributed by atoms with Crippen LogP contribution in [0.5, 0.6) is 5.75 Å². The van der Waals surface area contributed by atoms with E-state index in [1.807, 2.05) is 12.1 Å². The van der Waals surface area contributed by atoms with Crippen LogP contribution in [-0.2, 0) is 9.53 Å². The van der Waals surface area contributed by atoms with Crippen molar-refractivity contribution < 1.29 is 14.3 Å². The SMILES string of the molecule is CCCCCCCCCCCCCCCCCCCC(=O)OC1(C(CN(C)C)c2ccc(OC)cc2)CCCCC1. The Bertz CT molecular complexity index is 769. The monoisotopic (exact) mass is 571 g/mol. The molecule has 0 heterocycles. The predicted octanol–water partition coefficient (Wildman–Crippen LogP) is 10.6. The van der Waals surface area contributed by atoms with E-state index in [4.69, 9.17) is 9.47 Å². The van der Waals surface area contributed by atoms with Gasteiger partial charge >= 0.3 is 5.97 Å². The maximum Gasteiger partial charge on any atom is 0.306 e. The highest BCUT2D eigenvalue weighted by Crippen LogP contribution is 2.44. The first kappa shape index (κ1) is 35.6. The van der Waals surface area contributed by atoms with Gasteiger partial charge in [0.05, 0.1) is 7.11 Å². The molecule has 1 aliphatic rings. The van der Waals surface area contributed by atoms with E-state index in [0.717, 1.165) is 50.8 Å². The zero-order valence-corrected chi connectivity index (χ0v) is 27.5. The number of benzene rings is 1. The summed E-state index contributed by atoms with van der Waals surface area (Å²) in [6.07, 6.45) is 29.0. The van der Waals surface area contributed by atoms with Crippen molar-refractivity contribution in [2.45, 2.75) is 166 Å². The van der Waals surface area contributed by atoms with Crippen LogP contribution in [0.25, 0.3) is 0 Å². The number of hydrogen-bond acceptors (Lipinski definition) is 4. The van der Waals surface area contributed by atoms with Crippen LogP contribution in [0, 0.1) is 0 Å². The van der Waals surface area contributed by atoms with Crippen LogP contribution in [-0.4, -0.2) is 44.2 Å². The summed E-state index contributed by atoms with van der Waals surface area (Å²) in [6, 6.07) is 8.39. The van der Waals surface area contributed by atoms with Crippen molar-refractivity contribution in [3.63, 3.8) is 0 Å². The maximum absolute atomic E-state index is 13.1. The van der Waals surface area contributed by atoms with Crippen molar-refractivity contribution in [3.05, 3.63) is 29.8 Å². The molecular weight excluding hydrogens is 506 g/mol. The zero-order valence-electron chi connectivity index (χ0n) is 27.5. The van der Waals surface area contributed by atoms with Crippen LogP contribution in [0.4, 0.5) is 0 Å². The van der Waals surface area contributed by atoms with Gasteiger partial charge in [-0.1, -0.05) is 128 Å². The summed E-state index contributed by atoms with van der Waals surface area (Å²) in [7, 11) is 5.94. The summed E-state index contributed by atoms with van der Waals surface area (Å²) in [5, 5.41) is 0. The molecule has 1 aromatic rings. The Kier molecular flexibility index (Phi) is 19.2. The maximum atomic E-state index is 13.1. The molecule has 1 fully saturated rings. The first-order valence-electron chi connectivity index (χ1n) is 17.5. The first-order valence-corrected chi connectivity index (χ1v) is 17.5. The quantitative estimate of drug-likeness (QED) is 0.0913. The van der Waals surface area contributed by atoms with Gasteiger partial charge < -0.3 is 14.4 Å². The second-order valence-corrected chi connectivity index (χ2v) is 13.1. The van der Waals surface area contributed by atoms with Gasteiger partial charge in [-0.25, -0.2) is 0 Å². The third-order valence-corrected chi connectivity index (χ3v) is 9.20. The molecule has 0 amide bonds. The minimum Gasteiger partial charge on any atom is -0.497 e. The number of esters is 1. The molecule has 1 aliphatic carbocycles. The van der Waals surface area contributed by atoms with E-state index in [9.17, 15) is 4.79 Å².